The molecule has 8 amide bonds. The molecule has 0 unspecified atom stereocenters. The number of hydrazine groups is 1. The third-order valence-electron chi connectivity index (χ3n) is 17.0. The number of para-hydroxylation sites is 1. The van der Waals surface area contributed by atoms with Gasteiger partial charge in [-0.1, -0.05) is 109 Å². The number of Topliss-reactive ketones (excluding diaryl/α,β-unsaturated/α-hetero) is 3. The predicted octanol–water partition coefficient (Wildman–Crippen LogP) is 1.24. The molecule has 95 heavy (non-hydrogen) atoms. The van der Waals surface area contributed by atoms with E-state index in [0.29, 0.717) is 53.4 Å². The zero-order valence-electron chi connectivity index (χ0n) is 55.1. The van der Waals surface area contributed by atoms with Crippen molar-refractivity contribution in [2.24, 2.45) is 28.5 Å². The van der Waals surface area contributed by atoms with Gasteiger partial charge in [-0.15, -0.1) is 0 Å². The quantitative estimate of drug-likeness (QED) is 0.0241. The Morgan fingerprint density at radius 1 is 0.695 bits per heavy atom. The van der Waals surface area contributed by atoms with Crippen LogP contribution in [0.25, 0.3) is 10.9 Å². The van der Waals surface area contributed by atoms with Gasteiger partial charge in [0.1, 0.15) is 47.3 Å². The average molecular weight is 1320 g/mol. The molecule has 0 saturated carbocycles. The zero-order chi connectivity index (χ0) is 69.8. The number of aromatic hydroxyl groups is 1. The number of fused-ring (bicyclic) bond motifs is 1. The number of nitrogens with one attached hydrogen (secondary N) is 12. The lowest BCUT2D eigenvalue weighted by Crippen LogP contribution is -2.65. The second-order valence-electron chi connectivity index (χ2n) is 25.7. The molecule has 520 valence electrons. The van der Waals surface area contributed by atoms with Crippen molar-refractivity contribution >= 4 is 81.5 Å². The van der Waals surface area contributed by atoms with E-state index in [1.807, 2.05) is 0 Å². The largest absolute Gasteiger partial charge is 0.508 e. The number of ketones is 3. The molecule has 1 aliphatic rings. The SMILES string of the molecule is CC(=O)C[C@]1(C)CCCCCCCCCCC[C@@](C)(C(=O)N[C@@H](CO)C(N)=O)NN[C@@H](CC(C)C)C(=O)C(=O)[C@H](CCC(N)=O)NC(=O)[C@H](CCCNC(=N)N)NC(=O)[C@H](Cc2c[nH]c3ccccc23)NC(=O)[C@H](Cc2ccc(O)cc2)NC(=O)[C@H](Cc2cnc[nH]2)NC1=O. The van der Waals surface area contributed by atoms with Gasteiger partial charge in [0.05, 0.1) is 30.4 Å². The van der Waals surface area contributed by atoms with Crippen molar-refractivity contribution in [3.05, 3.63) is 84.1 Å². The molecule has 0 spiro atoms. The summed E-state index contributed by atoms with van der Waals surface area (Å²) in [6, 6.07) is 2.42. The summed E-state index contributed by atoms with van der Waals surface area (Å²) >= 11 is 0. The summed E-state index contributed by atoms with van der Waals surface area (Å²) in [7, 11) is 0. The average Bonchev–Trinajstić information content (AvgIpc) is 1.83. The van der Waals surface area contributed by atoms with Crippen LogP contribution in [-0.4, -0.2) is 157 Å². The van der Waals surface area contributed by atoms with Crippen molar-refractivity contribution in [1.82, 2.24) is 63.0 Å². The van der Waals surface area contributed by atoms with E-state index >= 15 is 9.59 Å². The Morgan fingerprint density at radius 3 is 1.84 bits per heavy atom. The van der Waals surface area contributed by atoms with Crippen LogP contribution >= 0.6 is 0 Å². The molecule has 1 fully saturated rings. The van der Waals surface area contributed by atoms with Gasteiger partial charge in [-0.05, 0) is 87.6 Å². The molecule has 4 aromatic rings. The van der Waals surface area contributed by atoms with Gasteiger partial charge in [-0.2, -0.15) is 0 Å². The number of aliphatic hydroxyl groups excluding tert-OH is 1. The molecule has 20 N–H and O–H groups in total. The molecule has 0 radical (unpaired) electrons. The Hall–Kier alpha value is -9.09. The third kappa shape index (κ3) is 25.0. The molecule has 2 aromatic heterocycles. The molecule has 29 heteroatoms. The Labute approximate surface area is 553 Å². The van der Waals surface area contributed by atoms with Gasteiger partial charge in [-0.3, -0.25) is 58.1 Å². The Morgan fingerprint density at radius 2 is 1.26 bits per heavy atom. The third-order valence-corrected chi connectivity index (χ3v) is 17.0. The number of aromatic amines is 2. The van der Waals surface area contributed by atoms with Crippen LogP contribution in [0, 0.1) is 16.7 Å². The van der Waals surface area contributed by atoms with Gasteiger partial charge < -0.3 is 74.6 Å². The van der Waals surface area contributed by atoms with Gasteiger partial charge in [0.2, 0.25) is 58.8 Å². The van der Waals surface area contributed by atoms with Crippen molar-refractivity contribution in [2.45, 2.75) is 211 Å². The number of carbonyl (C=O) groups excluding carboxylic acids is 11. The summed E-state index contributed by atoms with van der Waals surface area (Å²) in [4.78, 5) is 166. The first kappa shape index (κ1) is 76.6. The summed E-state index contributed by atoms with van der Waals surface area (Å²) in [6.07, 6.45) is 9.63. The smallest absolute Gasteiger partial charge is 0.243 e. The Balaban J connectivity index is 1.62. The number of hydrogen-bond acceptors (Lipinski definition) is 17. The highest BCUT2D eigenvalue weighted by Gasteiger charge is 2.41. The normalized spacial score (nSPS) is 23.8. The number of aliphatic hydroxyl groups is 1. The van der Waals surface area contributed by atoms with Crippen LogP contribution in [0.2, 0.25) is 0 Å². The van der Waals surface area contributed by atoms with Crippen LogP contribution in [0.15, 0.2) is 67.3 Å². The van der Waals surface area contributed by atoms with E-state index in [1.165, 1.54) is 50.6 Å². The van der Waals surface area contributed by atoms with Crippen LogP contribution in [0.3, 0.4) is 0 Å². The van der Waals surface area contributed by atoms with Crippen molar-refractivity contribution in [3.63, 3.8) is 0 Å². The standard InChI is InChI=1S/C66H98N16O13/c1-39(2)30-49-56(88)55(87)47(25-26-54(67)86)75-58(90)48(20-17-29-72-64(69)70)76-60(92)51(32-42-35-73-46-19-14-13-18-45(42)46)78-59(91)50(31-41-21-23-44(85)24-22-41)77-61(93)52(33-43-36-71-38-74-43)79-62(94)65(4,34-40(3)84)27-15-11-9-7-6-8-10-12-16-28-66(5,82-81-49)63(95)80-53(37-83)57(68)89/h13-14,18-19,21-24,35-36,38-39,47-53,73,81-83,85H,6-12,15-17,20,25-34,37H2,1-5H3,(H2,67,86)(H2,68,89)(H,71,74)(H,75,90)(H,76,92)(H,77,93)(H,78,91)(H,79,94)(H,80,95)(H4,69,70,72)/t47-,48-,49-,50-,51-,52-,53-,65-,66-/m0/s1. The topological polar surface area (TPSA) is 483 Å². The number of phenols is 1. The summed E-state index contributed by atoms with van der Waals surface area (Å²) in [5, 5.41) is 47.5. The van der Waals surface area contributed by atoms with Crippen molar-refractivity contribution in [2.75, 3.05) is 13.2 Å². The summed E-state index contributed by atoms with van der Waals surface area (Å²) in [5.74, 6) is -10.1. The van der Waals surface area contributed by atoms with Gasteiger partial charge in [0, 0.05) is 67.6 Å². The first-order valence-electron chi connectivity index (χ1n) is 32.6. The lowest BCUT2D eigenvalue weighted by Gasteiger charge is -2.33. The van der Waals surface area contributed by atoms with Crippen LogP contribution < -0.4 is 65.3 Å². The van der Waals surface area contributed by atoms with Crippen LogP contribution in [0.5, 0.6) is 5.75 Å². The maximum absolute atomic E-state index is 15.2. The van der Waals surface area contributed by atoms with Crippen molar-refractivity contribution in [3.8, 4) is 5.75 Å². The van der Waals surface area contributed by atoms with Crippen molar-refractivity contribution < 1.29 is 63.0 Å². The van der Waals surface area contributed by atoms with E-state index in [0.717, 1.165) is 38.5 Å². The van der Waals surface area contributed by atoms with Crippen LogP contribution in [0.1, 0.15) is 161 Å². The summed E-state index contributed by atoms with van der Waals surface area (Å²) in [5.41, 5.74) is 21.8. The number of benzene rings is 2. The molecule has 3 heterocycles. The number of imidazole rings is 1. The number of carbonyl (C=O) groups is 11. The molecule has 1 aliphatic heterocycles. The van der Waals surface area contributed by atoms with E-state index < -0.39 is 137 Å². The number of nitrogens with two attached hydrogens (primary N) is 3. The Kier molecular flexibility index (Phi) is 30.4. The first-order chi connectivity index (χ1) is 45.1. The number of rotatable bonds is 21. The van der Waals surface area contributed by atoms with E-state index in [-0.39, 0.29) is 75.4 Å². The fourth-order valence-electron chi connectivity index (χ4n) is 11.5. The number of amides is 8. The maximum Gasteiger partial charge on any atom is 0.243 e. The monoisotopic (exact) mass is 1320 g/mol. The molecule has 0 bridgehead atoms. The van der Waals surface area contributed by atoms with E-state index in [2.05, 4.69) is 63.0 Å². The van der Waals surface area contributed by atoms with E-state index in [1.54, 1.807) is 51.2 Å². The highest BCUT2D eigenvalue weighted by molar-refractivity contribution is 6.41. The molecule has 2 aromatic carbocycles. The number of primary amides is 2. The number of H-pyrrole nitrogens is 2. The minimum Gasteiger partial charge on any atom is -0.508 e. The highest BCUT2D eigenvalue weighted by atomic mass is 16.3. The predicted molar refractivity (Wildman–Crippen MR) is 354 cm³/mol. The number of guanidine groups is 1. The molecule has 5 rings (SSSR count). The van der Waals surface area contributed by atoms with Gasteiger partial charge >= 0.3 is 0 Å². The second-order valence-corrected chi connectivity index (χ2v) is 25.7. The van der Waals surface area contributed by atoms with Crippen LogP contribution in [0.4, 0.5) is 0 Å². The van der Waals surface area contributed by atoms with E-state index in [4.69, 9.17) is 22.6 Å². The maximum atomic E-state index is 15.2. The fourth-order valence-corrected chi connectivity index (χ4v) is 11.5. The number of phenolic OH excluding ortho intramolecular Hbond substituents is 1. The van der Waals surface area contributed by atoms with Gasteiger partial charge in [-0.25, -0.2) is 15.8 Å². The fraction of sp³-hybridized carbons (Fsp3) is 0.561. The Bertz CT molecular complexity index is 3270. The first-order valence-corrected chi connectivity index (χ1v) is 32.6. The lowest BCUT2D eigenvalue weighted by atomic mass is 9.79. The number of hydrogen-bond donors (Lipinski definition) is 17. The molecule has 29 nitrogen and oxygen atoms in total. The molecule has 0 aliphatic carbocycles. The van der Waals surface area contributed by atoms with E-state index in [9.17, 15) is 53.4 Å². The molecule has 9 atom stereocenters. The van der Waals surface area contributed by atoms with Gasteiger partial charge in [0.25, 0.3) is 0 Å². The van der Waals surface area contributed by atoms with Gasteiger partial charge in [0.15, 0.2) is 5.96 Å². The van der Waals surface area contributed by atoms with Crippen LogP contribution in [-0.2, 0) is 72.0 Å². The highest BCUT2D eigenvalue weighted by Crippen LogP contribution is 2.31. The van der Waals surface area contributed by atoms with Crippen molar-refractivity contribution in [1.29, 1.82) is 5.41 Å². The molecule has 1 saturated heterocycles. The minimum atomic E-state index is -1.74. The second kappa shape index (κ2) is 37.7. The summed E-state index contributed by atoms with van der Waals surface area (Å²) < 4.78 is 0. The number of aromatic nitrogens is 3. The zero-order valence-corrected chi connectivity index (χ0v) is 55.1. The molecular weight excluding hydrogens is 1220 g/mol. The molecular formula is C66H98N16O13. The number of nitrogens with zero attached hydrogens (tertiary/aromatic N) is 1. The minimum absolute atomic E-state index is 0.00430. The lowest BCUT2D eigenvalue weighted by molar-refractivity contribution is -0.141. The summed E-state index contributed by atoms with van der Waals surface area (Å²) in [6.45, 7) is 7.34.